The van der Waals surface area contributed by atoms with Crippen molar-refractivity contribution in [3.05, 3.63) is 17.0 Å². The molecule has 0 bridgehead atoms. The van der Waals surface area contributed by atoms with E-state index < -0.39 is 0 Å². The van der Waals surface area contributed by atoms with E-state index in [1.165, 1.54) is 0 Å². The average Bonchev–Trinajstić information content (AvgIpc) is 2.72. The van der Waals surface area contributed by atoms with Crippen LogP contribution in [0.15, 0.2) is 0 Å². The Labute approximate surface area is 118 Å². The number of carbonyl (C=O) groups excluding carboxylic acids is 2. The zero-order chi connectivity index (χ0) is 14.9. The third-order valence-electron chi connectivity index (χ3n) is 3.47. The molecule has 0 radical (unpaired) electrons. The van der Waals surface area contributed by atoms with Gasteiger partial charge in [-0.05, 0) is 6.92 Å². The van der Waals surface area contributed by atoms with E-state index in [2.05, 4.69) is 5.10 Å². The second-order valence-electron chi connectivity index (χ2n) is 5.28. The summed E-state index contributed by atoms with van der Waals surface area (Å²) in [6.07, 6.45) is 0.682. The van der Waals surface area contributed by atoms with Gasteiger partial charge in [0.25, 0.3) is 0 Å². The van der Waals surface area contributed by atoms with E-state index in [1.54, 1.807) is 23.6 Å². The van der Waals surface area contributed by atoms with Gasteiger partial charge in [-0.15, -0.1) is 0 Å². The van der Waals surface area contributed by atoms with E-state index >= 15 is 0 Å². The smallest absolute Gasteiger partial charge is 0.356 e. The molecule has 1 aliphatic heterocycles. The molecule has 2 rings (SSSR count). The molecule has 0 fully saturated rings. The molecule has 0 aliphatic carbocycles. The predicted octanol–water partition coefficient (Wildman–Crippen LogP) is 1.14. The lowest BCUT2D eigenvalue weighted by Gasteiger charge is -2.28. The summed E-state index contributed by atoms with van der Waals surface area (Å²) in [4.78, 5) is 25.9. The van der Waals surface area contributed by atoms with Crippen molar-refractivity contribution >= 4 is 11.9 Å². The molecule has 0 saturated heterocycles. The molecule has 0 saturated carbocycles. The quantitative estimate of drug-likeness (QED) is 0.778. The first kappa shape index (κ1) is 14.6. The van der Waals surface area contributed by atoms with E-state index in [0.717, 1.165) is 11.3 Å². The highest BCUT2D eigenvalue weighted by Crippen LogP contribution is 2.23. The zero-order valence-electron chi connectivity index (χ0n) is 12.5. The molecule has 0 N–H and O–H groups in total. The Morgan fingerprint density at radius 1 is 1.40 bits per heavy atom. The van der Waals surface area contributed by atoms with Crippen LogP contribution in [0, 0.1) is 5.92 Å². The predicted molar refractivity (Wildman–Crippen MR) is 73.1 cm³/mol. The number of amides is 1. The second kappa shape index (κ2) is 5.64. The van der Waals surface area contributed by atoms with Gasteiger partial charge in [0, 0.05) is 38.0 Å². The number of esters is 1. The number of aromatic nitrogens is 2. The van der Waals surface area contributed by atoms with Crippen molar-refractivity contribution in [2.75, 3.05) is 13.2 Å². The van der Waals surface area contributed by atoms with Gasteiger partial charge in [0.15, 0.2) is 5.69 Å². The van der Waals surface area contributed by atoms with Crippen LogP contribution in [0.5, 0.6) is 0 Å². The van der Waals surface area contributed by atoms with Crippen molar-refractivity contribution in [2.45, 2.75) is 33.7 Å². The lowest BCUT2D eigenvalue weighted by atomic mass is 10.0. The summed E-state index contributed by atoms with van der Waals surface area (Å²) in [7, 11) is 1.74. The van der Waals surface area contributed by atoms with E-state index in [0.29, 0.717) is 31.8 Å². The van der Waals surface area contributed by atoms with Crippen molar-refractivity contribution in [1.82, 2.24) is 14.7 Å². The average molecular weight is 279 g/mol. The maximum absolute atomic E-state index is 12.1. The first-order valence-corrected chi connectivity index (χ1v) is 6.96. The monoisotopic (exact) mass is 279 g/mol. The van der Waals surface area contributed by atoms with Crippen LogP contribution in [0.1, 0.15) is 42.5 Å². The molecule has 0 unspecified atom stereocenters. The van der Waals surface area contributed by atoms with Crippen molar-refractivity contribution in [2.24, 2.45) is 13.0 Å². The minimum atomic E-state index is -0.373. The van der Waals surface area contributed by atoms with E-state index in [1.807, 2.05) is 13.8 Å². The number of nitrogens with zero attached hydrogens (tertiary/aromatic N) is 3. The van der Waals surface area contributed by atoms with Gasteiger partial charge in [-0.2, -0.15) is 5.10 Å². The fourth-order valence-electron chi connectivity index (χ4n) is 2.51. The lowest BCUT2D eigenvalue weighted by Crippen LogP contribution is -2.38. The first-order chi connectivity index (χ1) is 9.45. The second-order valence-corrected chi connectivity index (χ2v) is 5.28. The lowest BCUT2D eigenvalue weighted by molar-refractivity contribution is -0.135. The van der Waals surface area contributed by atoms with E-state index in [-0.39, 0.29) is 17.8 Å². The summed E-state index contributed by atoms with van der Waals surface area (Å²) in [5.74, 6) is -0.309. The maximum Gasteiger partial charge on any atom is 0.356 e. The molecule has 0 aromatic carbocycles. The Kier molecular flexibility index (Phi) is 4.11. The summed E-state index contributed by atoms with van der Waals surface area (Å²) in [6.45, 7) is 6.96. The summed E-state index contributed by atoms with van der Waals surface area (Å²) in [5.41, 5.74) is 2.18. The SMILES string of the molecule is CCOC(=O)c1c2c(nn1C)CCN(C(=O)C(C)C)C2. The van der Waals surface area contributed by atoms with Crippen molar-refractivity contribution in [3.8, 4) is 0 Å². The fourth-order valence-corrected chi connectivity index (χ4v) is 2.51. The number of carbonyl (C=O) groups is 2. The van der Waals surface area contributed by atoms with Gasteiger partial charge in [-0.25, -0.2) is 4.79 Å². The Morgan fingerprint density at radius 2 is 2.10 bits per heavy atom. The van der Waals surface area contributed by atoms with Gasteiger partial charge < -0.3 is 9.64 Å². The van der Waals surface area contributed by atoms with Crippen molar-refractivity contribution < 1.29 is 14.3 Å². The number of hydrogen-bond acceptors (Lipinski definition) is 4. The summed E-state index contributed by atoms with van der Waals surface area (Å²) < 4.78 is 6.63. The van der Waals surface area contributed by atoms with Gasteiger partial charge in [0.05, 0.1) is 12.3 Å². The van der Waals surface area contributed by atoms with Gasteiger partial charge in [-0.1, -0.05) is 13.8 Å². The number of ether oxygens (including phenoxy) is 1. The standard InChI is InChI=1S/C14H21N3O3/c1-5-20-14(19)12-10-8-17(13(18)9(2)3)7-6-11(10)15-16(12)4/h9H,5-8H2,1-4H3. The van der Waals surface area contributed by atoms with Crippen LogP contribution < -0.4 is 0 Å². The Balaban J connectivity index is 2.30. The van der Waals surface area contributed by atoms with Crippen molar-refractivity contribution in [1.29, 1.82) is 0 Å². The van der Waals surface area contributed by atoms with E-state index in [9.17, 15) is 9.59 Å². The molecule has 1 aromatic heterocycles. The van der Waals surface area contributed by atoms with Crippen LogP contribution >= 0.6 is 0 Å². The normalized spacial score (nSPS) is 14.3. The molecular weight excluding hydrogens is 258 g/mol. The minimum absolute atomic E-state index is 0.0423. The van der Waals surface area contributed by atoms with Crippen LogP contribution in [-0.2, 0) is 29.5 Å². The number of aryl methyl sites for hydroxylation is 1. The van der Waals surface area contributed by atoms with Gasteiger partial charge in [0.1, 0.15) is 0 Å². The van der Waals surface area contributed by atoms with E-state index in [4.69, 9.17) is 4.74 Å². The number of fused-ring (bicyclic) bond motifs is 1. The molecule has 2 heterocycles. The van der Waals surface area contributed by atoms with Gasteiger partial charge in [-0.3, -0.25) is 9.48 Å². The first-order valence-electron chi connectivity index (χ1n) is 6.96. The number of rotatable bonds is 3. The zero-order valence-corrected chi connectivity index (χ0v) is 12.5. The van der Waals surface area contributed by atoms with Gasteiger partial charge >= 0.3 is 5.97 Å². The topological polar surface area (TPSA) is 64.4 Å². The Hall–Kier alpha value is -1.85. The molecule has 0 atom stereocenters. The maximum atomic E-state index is 12.1. The van der Waals surface area contributed by atoms with Crippen LogP contribution in [0.3, 0.4) is 0 Å². The Morgan fingerprint density at radius 3 is 2.70 bits per heavy atom. The molecule has 110 valence electrons. The molecule has 20 heavy (non-hydrogen) atoms. The summed E-state index contributed by atoms with van der Waals surface area (Å²) in [6, 6.07) is 0. The molecular formula is C14H21N3O3. The highest BCUT2D eigenvalue weighted by molar-refractivity contribution is 5.90. The third-order valence-corrected chi connectivity index (χ3v) is 3.47. The third kappa shape index (κ3) is 2.55. The van der Waals surface area contributed by atoms with Gasteiger partial charge in [0.2, 0.25) is 5.91 Å². The fraction of sp³-hybridized carbons (Fsp3) is 0.643. The highest BCUT2D eigenvalue weighted by Gasteiger charge is 2.30. The molecule has 6 heteroatoms. The summed E-state index contributed by atoms with van der Waals surface area (Å²) in [5, 5.41) is 4.37. The molecule has 1 aliphatic rings. The molecule has 1 aromatic rings. The molecule has 6 nitrogen and oxygen atoms in total. The minimum Gasteiger partial charge on any atom is -0.461 e. The molecule has 0 spiro atoms. The highest BCUT2D eigenvalue weighted by atomic mass is 16.5. The van der Waals surface area contributed by atoms with Crippen LogP contribution in [-0.4, -0.2) is 39.7 Å². The summed E-state index contributed by atoms with van der Waals surface area (Å²) >= 11 is 0. The Bertz CT molecular complexity index is 534. The van der Waals surface area contributed by atoms with Crippen LogP contribution in [0.25, 0.3) is 0 Å². The van der Waals surface area contributed by atoms with Crippen LogP contribution in [0.4, 0.5) is 0 Å². The molecule has 1 amide bonds. The largest absolute Gasteiger partial charge is 0.461 e. The van der Waals surface area contributed by atoms with Crippen LogP contribution in [0.2, 0.25) is 0 Å². The van der Waals surface area contributed by atoms with Crippen molar-refractivity contribution in [3.63, 3.8) is 0 Å². The number of hydrogen-bond donors (Lipinski definition) is 0.